The van der Waals surface area contributed by atoms with Gasteiger partial charge in [-0.05, 0) is 28.1 Å². The molecule has 0 atom stereocenters. The quantitative estimate of drug-likeness (QED) is 0.856. The van der Waals surface area contributed by atoms with Gasteiger partial charge in [0.2, 0.25) is 5.89 Å². The summed E-state index contributed by atoms with van der Waals surface area (Å²) in [6.45, 7) is 1.57. The van der Waals surface area contributed by atoms with Crippen LogP contribution in [0, 0.1) is 0 Å². The maximum Gasteiger partial charge on any atom is 0.283 e. The molecule has 2 aromatic heterocycles. The van der Waals surface area contributed by atoms with Crippen LogP contribution in [0.2, 0.25) is 0 Å². The van der Waals surface area contributed by atoms with Crippen LogP contribution in [0.4, 0.5) is 0 Å². The summed E-state index contributed by atoms with van der Waals surface area (Å²) in [5.41, 5.74) is 0. The fourth-order valence-electron chi connectivity index (χ4n) is 1.13. The molecule has 6 nitrogen and oxygen atoms in total. The van der Waals surface area contributed by atoms with Crippen molar-refractivity contribution in [2.75, 3.05) is 5.75 Å². The Labute approximate surface area is 106 Å². The Balaban J connectivity index is 2.22. The zero-order valence-electron chi connectivity index (χ0n) is 8.88. The molecule has 2 heterocycles. The van der Waals surface area contributed by atoms with Crippen LogP contribution in [-0.4, -0.2) is 24.4 Å². The third-order valence-electron chi connectivity index (χ3n) is 2.03. The molecule has 0 aliphatic rings. The zero-order chi connectivity index (χ0) is 12.5. The van der Waals surface area contributed by atoms with E-state index in [9.17, 15) is 8.42 Å². The molecule has 8 heteroatoms. The SMILES string of the molecule is CCS(=O)(=O)Cc1nnc(-c2ccc(Br)o2)o1. The van der Waals surface area contributed by atoms with Gasteiger partial charge in [0.15, 0.2) is 20.3 Å². The Morgan fingerprint density at radius 3 is 2.65 bits per heavy atom. The van der Waals surface area contributed by atoms with Gasteiger partial charge in [-0.15, -0.1) is 10.2 Å². The van der Waals surface area contributed by atoms with Crippen LogP contribution >= 0.6 is 15.9 Å². The van der Waals surface area contributed by atoms with Crippen molar-refractivity contribution in [3.05, 3.63) is 22.7 Å². The Morgan fingerprint density at radius 2 is 2.06 bits per heavy atom. The van der Waals surface area contributed by atoms with Gasteiger partial charge in [-0.2, -0.15) is 0 Å². The van der Waals surface area contributed by atoms with Gasteiger partial charge in [0.05, 0.1) is 0 Å². The monoisotopic (exact) mass is 320 g/mol. The molecule has 0 saturated heterocycles. The Morgan fingerprint density at radius 1 is 1.29 bits per heavy atom. The number of hydrogen-bond donors (Lipinski definition) is 0. The summed E-state index contributed by atoms with van der Waals surface area (Å²) >= 11 is 3.14. The van der Waals surface area contributed by atoms with Crippen LogP contribution in [0.1, 0.15) is 12.8 Å². The molecule has 0 amide bonds. The van der Waals surface area contributed by atoms with Crippen LogP contribution in [0.15, 0.2) is 25.6 Å². The van der Waals surface area contributed by atoms with E-state index in [1.165, 1.54) is 0 Å². The minimum absolute atomic E-state index is 0.0387. The van der Waals surface area contributed by atoms with E-state index in [2.05, 4.69) is 26.1 Å². The third-order valence-corrected chi connectivity index (χ3v) is 4.03. The van der Waals surface area contributed by atoms with Gasteiger partial charge in [-0.25, -0.2) is 8.42 Å². The second-order valence-corrected chi connectivity index (χ2v) is 6.42. The molecule has 0 radical (unpaired) electrons. The lowest BCUT2D eigenvalue weighted by Crippen LogP contribution is -2.06. The van der Waals surface area contributed by atoms with Crippen molar-refractivity contribution >= 4 is 25.8 Å². The lowest BCUT2D eigenvalue weighted by atomic mass is 10.5. The van der Waals surface area contributed by atoms with Crippen molar-refractivity contribution in [2.24, 2.45) is 0 Å². The van der Waals surface area contributed by atoms with Gasteiger partial charge >= 0.3 is 0 Å². The van der Waals surface area contributed by atoms with Gasteiger partial charge in [0, 0.05) is 5.75 Å². The first-order chi connectivity index (χ1) is 8.00. The summed E-state index contributed by atoms with van der Waals surface area (Å²) in [4.78, 5) is 0. The standard InChI is InChI=1S/C9H9BrN2O4S/c1-2-17(13,14)5-8-11-12-9(16-8)6-3-4-7(10)15-6/h3-4H,2,5H2,1H3. The van der Waals surface area contributed by atoms with Gasteiger partial charge in [-0.3, -0.25) is 0 Å². The largest absolute Gasteiger partial charge is 0.444 e. The molecule has 0 spiro atoms. The van der Waals surface area contributed by atoms with E-state index in [0.29, 0.717) is 10.4 Å². The highest BCUT2D eigenvalue weighted by Gasteiger charge is 2.17. The predicted molar refractivity (Wildman–Crippen MR) is 62.9 cm³/mol. The first-order valence-electron chi connectivity index (χ1n) is 4.78. The van der Waals surface area contributed by atoms with Crippen molar-refractivity contribution in [1.29, 1.82) is 0 Å². The van der Waals surface area contributed by atoms with E-state index in [-0.39, 0.29) is 23.3 Å². The molecule has 0 aliphatic carbocycles. The number of halogens is 1. The molecular weight excluding hydrogens is 312 g/mol. The van der Waals surface area contributed by atoms with Gasteiger partial charge in [0.25, 0.3) is 5.89 Å². The van der Waals surface area contributed by atoms with Crippen LogP contribution in [0.3, 0.4) is 0 Å². The van der Waals surface area contributed by atoms with Crippen molar-refractivity contribution in [3.8, 4) is 11.7 Å². The van der Waals surface area contributed by atoms with E-state index in [1.54, 1.807) is 19.1 Å². The minimum Gasteiger partial charge on any atom is -0.444 e. The summed E-state index contributed by atoms with van der Waals surface area (Å²) in [7, 11) is -3.17. The molecular formula is C9H9BrN2O4S. The fourth-order valence-corrected chi connectivity index (χ4v) is 2.13. The maximum atomic E-state index is 11.4. The van der Waals surface area contributed by atoms with Gasteiger partial charge < -0.3 is 8.83 Å². The van der Waals surface area contributed by atoms with E-state index in [0.717, 1.165) is 0 Å². The third kappa shape index (κ3) is 2.95. The number of aromatic nitrogens is 2. The van der Waals surface area contributed by atoms with Crippen LogP contribution in [0.5, 0.6) is 0 Å². The Hall–Kier alpha value is -1.15. The number of nitrogens with zero attached hydrogens (tertiary/aromatic N) is 2. The number of sulfone groups is 1. The molecule has 17 heavy (non-hydrogen) atoms. The number of hydrogen-bond acceptors (Lipinski definition) is 6. The highest BCUT2D eigenvalue weighted by molar-refractivity contribution is 9.10. The lowest BCUT2D eigenvalue weighted by molar-refractivity contribution is 0.482. The van der Waals surface area contributed by atoms with Gasteiger partial charge in [0.1, 0.15) is 5.75 Å². The van der Waals surface area contributed by atoms with E-state index >= 15 is 0 Å². The summed E-state index contributed by atoms with van der Waals surface area (Å²) in [5, 5.41) is 7.39. The molecule has 0 N–H and O–H groups in total. The van der Waals surface area contributed by atoms with Crippen molar-refractivity contribution in [1.82, 2.24) is 10.2 Å². The molecule has 0 aromatic carbocycles. The molecule has 0 saturated carbocycles. The molecule has 2 rings (SSSR count). The summed E-state index contributed by atoms with van der Waals surface area (Å²) in [6.07, 6.45) is 0. The molecule has 2 aromatic rings. The van der Waals surface area contributed by atoms with E-state index in [1.807, 2.05) is 0 Å². The predicted octanol–water partition coefficient (Wildman–Crippen LogP) is 2.03. The van der Waals surface area contributed by atoms with Crippen LogP contribution in [0.25, 0.3) is 11.7 Å². The smallest absolute Gasteiger partial charge is 0.283 e. The molecule has 92 valence electrons. The summed E-state index contributed by atoms with van der Waals surface area (Å²) in [6, 6.07) is 3.33. The molecule has 0 bridgehead atoms. The van der Waals surface area contributed by atoms with E-state index < -0.39 is 9.84 Å². The highest BCUT2D eigenvalue weighted by atomic mass is 79.9. The maximum absolute atomic E-state index is 11.4. The normalized spacial score (nSPS) is 11.9. The minimum atomic E-state index is -3.17. The second-order valence-electron chi connectivity index (χ2n) is 3.28. The second kappa shape index (κ2) is 4.61. The zero-order valence-corrected chi connectivity index (χ0v) is 11.3. The Bertz CT molecular complexity index is 616. The topological polar surface area (TPSA) is 86.2 Å². The van der Waals surface area contributed by atoms with Crippen molar-refractivity contribution in [3.63, 3.8) is 0 Å². The fraction of sp³-hybridized carbons (Fsp3) is 0.333. The summed E-state index contributed by atoms with van der Waals surface area (Å²) in [5.74, 6) is 0.408. The molecule has 0 fully saturated rings. The van der Waals surface area contributed by atoms with Crippen molar-refractivity contribution in [2.45, 2.75) is 12.7 Å². The molecule has 0 aliphatic heterocycles. The van der Waals surface area contributed by atoms with Gasteiger partial charge in [-0.1, -0.05) is 6.92 Å². The first kappa shape index (κ1) is 12.3. The average Bonchev–Trinajstić information content (AvgIpc) is 2.86. The van der Waals surface area contributed by atoms with E-state index in [4.69, 9.17) is 8.83 Å². The summed E-state index contributed by atoms with van der Waals surface area (Å²) < 4.78 is 33.7. The number of rotatable bonds is 4. The van der Waals surface area contributed by atoms with Crippen molar-refractivity contribution < 1.29 is 17.3 Å². The molecule has 0 unspecified atom stereocenters. The van der Waals surface area contributed by atoms with Crippen LogP contribution < -0.4 is 0 Å². The average molecular weight is 321 g/mol. The van der Waals surface area contributed by atoms with Crippen LogP contribution in [-0.2, 0) is 15.6 Å². The lowest BCUT2D eigenvalue weighted by Gasteiger charge is -1.94. The Kier molecular flexibility index (Phi) is 3.34. The first-order valence-corrected chi connectivity index (χ1v) is 7.40. The highest BCUT2D eigenvalue weighted by Crippen LogP contribution is 2.24. The number of furan rings is 1.